The zero-order valence-corrected chi connectivity index (χ0v) is 23.9. The Balaban J connectivity index is 1.40. The molecule has 3 aliphatic heterocycles. The van der Waals surface area contributed by atoms with E-state index in [2.05, 4.69) is 29.3 Å². The molecule has 0 radical (unpaired) electrons. The Hall–Kier alpha value is -2.97. The summed E-state index contributed by atoms with van der Waals surface area (Å²) in [5.41, 5.74) is 5.20. The monoisotopic (exact) mass is 538 g/mol. The van der Waals surface area contributed by atoms with E-state index in [1.807, 2.05) is 12.1 Å². The summed E-state index contributed by atoms with van der Waals surface area (Å²) in [5.74, 6) is 3.80. The van der Waals surface area contributed by atoms with Gasteiger partial charge in [-0.05, 0) is 97.5 Å². The van der Waals surface area contributed by atoms with E-state index in [9.17, 15) is 4.79 Å². The van der Waals surface area contributed by atoms with Gasteiger partial charge in [-0.3, -0.25) is 4.90 Å². The van der Waals surface area contributed by atoms with Crippen molar-refractivity contribution in [2.45, 2.75) is 58.0 Å². The van der Waals surface area contributed by atoms with Crippen LogP contribution in [0.2, 0.25) is 0 Å². The molecule has 3 aliphatic rings. The van der Waals surface area contributed by atoms with Crippen LogP contribution in [-0.4, -0.2) is 58.6 Å². The average Bonchev–Trinajstić information content (AvgIpc) is 2.95. The van der Waals surface area contributed by atoms with Crippen molar-refractivity contribution in [3.63, 3.8) is 0 Å². The van der Waals surface area contributed by atoms with Crippen LogP contribution in [0, 0.1) is 11.8 Å². The molecule has 0 aromatic heterocycles. The van der Waals surface area contributed by atoms with Crippen LogP contribution in [0.1, 0.15) is 67.4 Å². The number of hydrogen-bond donors (Lipinski definition) is 1. The Bertz CT molecular complexity index is 1180. The number of piperidine rings is 1. The summed E-state index contributed by atoms with van der Waals surface area (Å²) in [6.07, 6.45) is 4.56. The smallest absolute Gasteiger partial charge is 0.493 e. The fourth-order valence-electron chi connectivity index (χ4n) is 6.89. The van der Waals surface area contributed by atoms with E-state index < -0.39 is 6.16 Å². The molecule has 212 valence electrons. The molecule has 0 amide bonds. The van der Waals surface area contributed by atoms with Gasteiger partial charge in [-0.2, -0.15) is 0 Å². The lowest BCUT2D eigenvalue weighted by atomic mass is 9.72. The van der Waals surface area contributed by atoms with Gasteiger partial charge in [0.05, 0.1) is 27.9 Å². The Kier molecular flexibility index (Phi) is 8.52. The minimum atomic E-state index is -0.708. The highest BCUT2D eigenvalue weighted by Gasteiger charge is 2.40. The van der Waals surface area contributed by atoms with Crippen LogP contribution in [0.5, 0.6) is 23.0 Å². The first-order valence-electron chi connectivity index (χ1n) is 14.3. The van der Waals surface area contributed by atoms with E-state index in [4.69, 9.17) is 23.7 Å². The number of benzene rings is 2. The minimum absolute atomic E-state index is 0.221. The molecule has 4 atom stereocenters. The molecular weight excluding hydrogens is 496 g/mol. The van der Waals surface area contributed by atoms with E-state index in [-0.39, 0.29) is 12.6 Å². The van der Waals surface area contributed by atoms with Crippen molar-refractivity contribution < 1.29 is 28.5 Å². The van der Waals surface area contributed by atoms with E-state index in [1.54, 1.807) is 28.3 Å². The highest BCUT2D eigenvalue weighted by atomic mass is 16.7. The van der Waals surface area contributed by atoms with Gasteiger partial charge in [0, 0.05) is 25.2 Å². The maximum atomic E-state index is 12.0. The second-order valence-corrected chi connectivity index (χ2v) is 10.8. The minimum Gasteiger partial charge on any atom is -0.493 e. The van der Waals surface area contributed by atoms with Crippen molar-refractivity contribution in [3.8, 4) is 23.0 Å². The highest BCUT2D eigenvalue weighted by molar-refractivity contribution is 5.66. The molecular formula is C31H42N2O6. The van der Waals surface area contributed by atoms with Crippen LogP contribution in [0.25, 0.3) is 0 Å². The van der Waals surface area contributed by atoms with Crippen LogP contribution in [-0.2, 0) is 17.6 Å². The summed E-state index contributed by atoms with van der Waals surface area (Å²) in [6, 6.07) is 8.99. The van der Waals surface area contributed by atoms with Gasteiger partial charge >= 0.3 is 6.16 Å². The number of hydrogen-bond acceptors (Lipinski definition) is 8. The lowest BCUT2D eigenvalue weighted by molar-refractivity contribution is 0.0434. The summed E-state index contributed by atoms with van der Waals surface area (Å²) in [7, 11) is 5.03. The number of carbonyl (C=O) groups excluding carboxylic acids is 1. The third-order valence-corrected chi connectivity index (χ3v) is 8.88. The molecule has 2 aromatic carbocycles. The molecule has 0 saturated carbocycles. The Morgan fingerprint density at radius 2 is 1.56 bits per heavy atom. The molecule has 0 aliphatic carbocycles. The molecule has 1 unspecified atom stereocenters. The van der Waals surface area contributed by atoms with Crippen molar-refractivity contribution in [1.82, 2.24) is 10.2 Å². The summed E-state index contributed by atoms with van der Waals surface area (Å²) >= 11 is 0. The summed E-state index contributed by atoms with van der Waals surface area (Å²) in [6.45, 7) is 7.45. The maximum absolute atomic E-state index is 12.0. The fourth-order valence-corrected chi connectivity index (χ4v) is 6.89. The Morgan fingerprint density at radius 3 is 2.28 bits per heavy atom. The third kappa shape index (κ3) is 5.54. The predicted octanol–water partition coefficient (Wildman–Crippen LogP) is 5.47. The number of rotatable bonds is 8. The molecule has 5 rings (SSSR count). The van der Waals surface area contributed by atoms with Gasteiger partial charge in [-0.1, -0.05) is 13.3 Å². The second kappa shape index (κ2) is 12.0. The number of ether oxygens (including phenoxy) is 5. The molecule has 39 heavy (non-hydrogen) atoms. The van der Waals surface area contributed by atoms with Crippen molar-refractivity contribution in [3.05, 3.63) is 46.5 Å². The average molecular weight is 539 g/mol. The molecule has 8 nitrogen and oxygen atoms in total. The predicted molar refractivity (Wildman–Crippen MR) is 149 cm³/mol. The zero-order valence-electron chi connectivity index (χ0n) is 23.9. The molecule has 0 spiro atoms. The van der Waals surface area contributed by atoms with Crippen molar-refractivity contribution in [2.75, 3.05) is 47.6 Å². The molecule has 0 bridgehead atoms. The van der Waals surface area contributed by atoms with Crippen molar-refractivity contribution in [1.29, 1.82) is 0 Å². The largest absolute Gasteiger partial charge is 0.513 e. The van der Waals surface area contributed by atoms with Gasteiger partial charge < -0.3 is 29.0 Å². The van der Waals surface area contributed by atoms with Crippen molar-refractivity contribution in [2.24, 2.45) is 11.8 Å². The van der Waals surface area contributed by atoms with Crippen LogP contribution < -0.4 is 24.3 Å². The van der Waals surface area contributed by atoms with Crippen LogP contribution in [0.4, 0.5) is 4.79 Å². The molecule has 2 aromatic rings. The fraction of sp³-hybridized carbons (Fsp3) is 0.581. The summed E-state index contributed by atoms with van der Waals surface area (Å²) < 4.78 is 27.3. The molecule has 1 saturated heterocycles. The van der Waals surface area contributed by atoms with E-state index in [0.717, 1.165) is 56.8 Å². The second-order valence-electron chi connectivity index (χ2n) is 10.8. The first-order valence-corrected chi connectivity index (χ1v) is 14.3. The summed E-state index contributed by atoms with van der Waals surface area (Å²) in [5, 5.41) is 3.79. The SMILES string of the molecule is CCOC(=O)Oc1cc2c(cc1OC)[C@@H](C[C@H]1C[C@H]3c4cc(OC)c(OC)cc4CCN3CC1CC)NCC2. The molecule has 1 N–H and O–H groups in total. The van der Waals surface area contributed by atoms with E-state index in [1.165, 1.54) is 28.7 Å². The Morgan fingerprint density at radius 1 is 0.897 bits per heavy atom. The number of fused-ring (bicyclic) bond motifs is 4. The lowest BCUT2D eigenvalue weighted by Gasteiger charge is -2.48. The molecule has 3 heterocycles. The normalized spacial score (nSPS) is 24.1. The number of nitrogens with one attached hydrogen (secondary N) is 1. The number of nitrogens with zero attached hydrogens (tertiary/aromatic N) is 1. The quantitative estimate of drug-likeness (QED) is 0.350. The molecule has 8 heteroatoms. The van der Waals surface area contributed by atoms with Gasteiger partial charge in [0.25, 0.3) is 0 Å². The number of methoxy groups -OCH3 is 3. The number of carbonyl (C=O) groups is 1. The van der Waals surface area contributed by atoms with Gasteiger partial charge in [-0.15, -0.1) is 0 Å². The topological polar surface area (TPSA) is 78.5 Å². The standard InChI is InChI=1S/C31H42N2O6/c1-6-19-18-33-11-9-21-14-27(35-3)28(36-4)17-24(21)26(33)13-22(19)12-25-23-16-29(37-5)30(39-31(34)38-7-2)15-20(23)8-10-32-25/h14-17,19,22,25-26,32H,6-13,18H2,1-5H3/t19?,22-,25+,26-/m0/s1. The molecule has 1 fully saturated rings. The third-order valence-electron chi connectivity index (χ3n) is 8.88. The lowest BCUT2D eigenvalue weighted by Crippen LogP contribution is -2.46. The maximum Gasteiger partial charge on any atom is 0.513 e. The zero-order chi connectivity index (χ0) is 27.5. The highest BCUT2D eigenvalue weighted by Crippen LogP contribution is 2.48. The van der Waals surface area contributed by atoms with E-state index in [0.29, 0.717) is 29.4 Å². The van der Waals surface area contributed by atoms with Crippen LogP contribution in [0.3, 0.4) is 0 Å². The van der Waals surface area contributed by atoms with Gasteiger partial charge in [-0.25, -0.2) is 4.79 Å². The van der Waals surface area contributed by atoms with Gasteiger partial charge in [0.1, 0.15) is 0 Å². The van der Waals surface area contributed by atoms with Crippen LogP contribution >= 0.6 is 0 Å². The summed E-state index contributed by atoms with van der Waals surface area (Å²) in [4.78, 5) is 14.7. The van der Waals surface area contributed by atoms with E-state index >= 15 is 0 Å². The van der Waals surface area contributed by atoms with Gasteiger partial charge in [0.15, 0.2) is 23.0 Å². The Labute approximate surface area is 231 Å². The first-order chi connectivity index (χ1) is 19.0. The van der Waals surface area contributed by atoms with Crippen molar-refractivity contribution >= 4 is 6.16 Å². The first kappa shape index (κ1) is 27.6. The van der Waals surface area contributed by atoms with Gasteiger partial charge in [0.2, 0.25) is 0 Å². The van der Waals surface area contributed by atoms with Crippen LogP contribution in [0.15, 0.2) is 24.3 Å².